The predicted molar refractivity (Wildman–Crippen MR) is 99.8 cm³/mol. The topological polar surface area (TPSA) is 69.3 Å². The number of hydrogen-bond acceptors (Lipinski definition) is 4. The van der Waals surface area contributed by atoms with E-state index < -0.39 is 0 Å². The lowest BCUT2D eigenvalue weighted by Gasteiger charge is -2.39. The Hall–Kier alpha value is -1.69. The van der Waals surface area contributed by atoms with Gasteiger partial charge in [0.2, 0.25) is 5.91 Å². The predicted octanol–water partition coefficient (Wildman–Crippen LogP) is 2.39. The molecule has 0 radical (unpaired) electrons. The van der Waals surface area contributed by atoms with Gasteiger partial charge < -0.3 is 9.88 Å². The van der Waals surface area contributed by atoms with Gasteiger partial charge in [0.1, 0.15) is 5.82 Å². The van der Waals surface area contributed by atoms with Gasteiger partial charge in [-0.25, -0.2) is 4.98 Å². The van der Waals surface area contributed by atoms with Gasteiger partial charge in [-0.1, -0.05) is 6.42 Å². The van der Waals surface area contributed by atoms with Crippen LogP contribution in [0.4, 0.5) is 0 Å². The summed E-state index contributed by atoms with van der Waals surface area (Å²) in [5, 5.41) is 0. The quantitative estimate of drug-likeness (QED) is 0.901. The summed E-state index contributed by atoms with van der Waals surface area (Å²) in [6.45, 7) is 6.79. The van der Waals surface area contributed by atoms with Crippen molar-refractivity contribution < 1.29 is 4.79 Å². The van der Waals surface area contributed by atoms with Crippen LogP contribution < -0.4 is 5.56 Å². The van der Waals surface area contributed by atoms with Crippen LogP contribution in [0.1, 0.15) is 75.5 Å². The summed E-state index contributed by atoms with van der Waals surface area (Å²) in [7, 11) is 0. The molecule has 3 heterocycles. The largest absolute Gasteiger partial charge is 0.332 e. The van der Waals surface area contributed by atoms with E-state index in [2.05, 4.69) is 23.7 Å². The Kier molecular flexibility index (Phi) is 4.86. The number of piperidine rings is 1. The molecule has 1 saturated heterocycles. The monoisotopic (exact) mass is 358 g/mol. The summed E-state index contributed by atoms with van der Waals surface area (Å²) < 4.78 is 0. The molecule has 0 bridgehead atoms. The highest BCUT2D eigenvalue weighted by atomic mass is 16.2. The number of rotatable bonds is 3. The molecular weight excluding hydrogens is 328 g/mol. The minimum Gasteiger partial charge on any atom is -0.332 e. The molecule has 1 saturated carbocycles. The van der Waals surface area contributed by atoms with E-state index in [1.165, 1.54) is 0 Å². The molecule has 2 aliphatic heterocycles. The van der Waals surface area contributed by atoms with Crippen LogP contribution in [0.25, 0.3) is 0 Å². The fourth-order valence-corrected chi connectivity index (χ4v) is 4.45. The molecule has 142 valence electrons. The SMILES string of the molecule is CC(C)N1CCc2c(nc([C@@H]3CCCCN3C(=O)C3CCC3)[nH]c2=O)C1. The van der Waals surface area contributed by atoms with Gasteiger partial charge in [-0.2, -0.15) is 0 Å². The van der Waals surface area contributed by atoms with Crippen molar-refractivity contribution in [2.75, 3.05) is 13.1 Å². The molecule has 2 fully saturated rings. The molecule has 0 spiro atoms. The number of amides is 1. The van der Waals surface area contributed by atoms with E-state index in [0.717, 1.165) is 75.8 Å². The maximum atomic E-state index is 12.9. The molecule has 1 N–H and O–H groups in total. The molecule has 1 aromatic rings. The van der Waals surface area contributed by atoms with E-state index in [1.807, 2.05) is 4.90 Å². The smallest absolute Gasteiger partial charge is 0.254 e. The van der Waals surface area contributed by atoms with Crippen LogP contribution in [0, 0.1) is 5.92 Å². The van der Waals surface area contributed by atoms with Crippen LogP contribution in [0.5, 0.6) is 0 Å². The van der Waals surface area contributed by atoms with Gasteiger partial charge in [0, 0.05) is 37.2 Å². The summed E-state index contributed by atoms with van der Waals surface area (Å²) in [6, 6.07) is 0.378. The number of carbonyl (C=O) groups excluding carboxylic acids is 1. The third-order valence-corrected chi connectivity index (χ3v) is 6.41. The Bertz CT molecular complexity index is 738. The molecule has 1 aromatic heterocycles. The first-order valence-corrected chi connectivity index (χ1v) is 10.2. The van der Waals surface area contributed by atoms with Crippen molar-refractivity contribution in [3.63, 3.8) is 0 Å². The lowest BCUT2D eigenvalue weighted by atomic mass is 9.83. The summed E-state index contributed by atoms with van der Waals surface area (Å²) in [5.74, 6) is 1.16. The molecule has 6 heteroatoms. The number of nitrogens with zero attached hydrogens (tertiary/aromatic N) is 3. The second-order valence-corrected chi connectivity index (χ2v) is 8.36. The fourth-order valence-electron chi connectivity index (χ4n) is 4.45. The Morgan fingerprint density at radius 3 is 2.65 bits per heavy atom. The van der Waals surface area contributed by atoms with Gasteiger partial charge >= 0.3 is 0 Å². The van der Waals surface area contributed by atoms with Crippen LogP contribution in [-0.4, -0.2) is 44.8 Å². The summed E-state index contributed by atoms with van der Waals surface area (Å²) >= 11 is 0. The Labute approximate surface area is 155 Å². The number of likely N-dealkylation sites (tertiary alicyclic amines) is 1. The highest BCUT2D eigenvalue weighted by Gasteiger charge is 2.36. The standard InChI is InChI=1S/C20H30N4O2/c1-13(2)23-11-9-15-16(12-23)21-18(22-19(15)25)17-8-3-4-10-24(17)20(26)14-6-5-7-14/h13-14,17H,3-12H2,1-2H3,(H,21,22,25)/t17-/m0/s1. The van der Waals surface area contributed by atoms with Gasteiger partial charge in [0.25, 0.3) is 5.56 Å². The Morgan fingerprint density at radius 2 is 1.96 bits per heavy atom. The van der Waals surface area contributed by atoms with Gasteiger partial charge in [0.15, 0.2) is 0 Å². The van der Waals surface area contributed by atoms with Crippen molar-refractivity contribution in [1.29, 1.82) is 0 Å². The minimum atomic E-state index is -0.0655. The van der Waals surface area contributed by atoms with E-state index >= 15 is 0 Å². The zero-order valence-electron chi connectivity index (χ0n) is 16.0. The van der Waals surface area contributed by atoms with Crippen molar-refractivity contribution in [3.05, 3.63) is 27.4 Å². The molecular formula is C20H30N4O2. The molecule has 1 amide bonds. The third-order valence-electron chi connectivity index (χ3n) is 6.41. The fraction of sp³-hybridized carbons (Fsp3) is 0.750. The van der Waals surface area contributed by atoms with Crippen LogP contribution >= 0.6 is 0 Å². The Morgan fingerprint density at radius 1 is 1.15 bits per heavy atom. The number of fused-ring (bicyclic) bond motifs is 1. The summed E-state index contributed by atoms with van der Waals surface area (Å²) in [5.41, 5.74) is 1.73. The van der Waals surface area contributed by atoms with E-state index in [-0.39, 0.29) is 23.4 Å². The number of aromatic amines is 1. The van der Waals surface area contributed by atoms with E-state index in [4.69, 9.17) is 4.98 Å². The first-order chi connectivity index (χ1) is 12.5. The third kappa shape index (κ3) is 3.20. The average molecular weight is 358 g/mol. The minimum absolute atomic E-state index is 0.00461. The van der Waals surface area contributed by atoms with Crippen LogP contribution in [-0.2, 0) is 17.8 Å². The van der Waals surface area contributed by atoms with E-state index in [9.17, 15) is 9.59 Å². The highest BCUT2D eigenvalue weighted by molar-refractivity contribution is 5.80. The van der Waals surface area contributed by atoms with Crippen LogP contribution in [0.15, 0.2) is 4.79 Å². The first kappa shape index (κ1) is 17.7. The maximum Gasteiger partial charge on any atom is 0.254 e. The lowest BCUT2D eigenvalue weighted by molar-refractivity contribution is -0.142. The molecule has 6 nitrogen and oxygen atoms in total. The molecule has 26 heavy (non-hydrogen) atoms. The van der Waals surface area contributed by atoms with Crippen LogP contribution in [0.3, 0.4) is 0 Å². The maximum absolute atomic E-state index is 12.9. The zero-order chi connectivity index (χ0) is 18.3. The van der Waals surface area contributed by atoms with Crippen molar-refractivity contribution >= 4 is 5.91 Å². The normalized spacial score (nSPS) is 24.4. The van der Waals surface area contributed by atoms with Gasteiger partial charge in [-0.3, -0.25) is 14.5 Å². The zero-order valence-corrected chi connectivity index (χ0v) is 16.0. The molecule has 0 unspecified atom stereocenters. The van der Waals surface area contributed by atoms with Crippen LogP contribution in [0.2, 0.25) is 0 Å². The van der Waals surface area contributed by atoms with Crippen molar-refractivity contribution in [3.8, 4) is 0 Å². The number of hydrogen-bond donors (Lipinski definition) is 1. The van der Waals surface area contributed by atoms with E-state index in [0.29, 0.717) is 11.9 Å². The number of nitrogens with one attached hydrogen (secondary N) is 1. The molecule has 0 aromatic carbocycles. The number of H-pyrrole nitrogens is 1. The lowest BCUT2D eigenvalue weighted by Crippen LogP contribution is -2.45. The first-order valence-electron chi connectivity index (χ1n) is 10.2. The van der Waals surface area contributed by atoms with Gasteiger partial charge in [-0.15, -0.1) is 0 Å². The summed E-state index contributed by atoms with van der Waals surface area (Å²) in [6.07, 6.45) is 6.97. The van der Waals surface area contributed by atoms with Gasteiger partial charge in [0.05, 0.1) is 11.7 Å². The molecule has 1 aliphatic carbocycles. The molecule has 4 rings (SSSR count). The number of carbonyl (C=O) groups is 1. The van der Waals surface area contributed by atoms with Crippen molar-refractivity contribution in [2.45, 2.75) is 77.4 Å². The Balaban J connectivity index is 1.63. The highest BCUT2D eigenvalue weighted by Crippen LogP contribution is 2.35. The number of aromatic nitrogens is 2. The summed E-state index contributed by atoms with van der Waals surface area (Å²) in [4.78, 5) is 37.8. The average Bonchev–Trinajstić information content (AvgIpc) is 2.59. The second-order valence-electron chi connectivity index (χ2n) is 8.36. The van der Waals surface area contributed by atoms with Gasteiger partial charge in [-0.05, 0) is 52.4 Å². The second kappa shape index (κ2) is 7.14. The van der Waals surface area contributed by atoms with Crippen molar-refractivity contribution in [1.82, 2.24) is 19.8 Å². The molecule has 1 atom stereocenters. The molecule has 3 aliphatic rings. The van der Waals surface area contributed by atoms with E-state index in [1.54, 1.807) is 0 Å². The van der Waals surface area contributed by atoms with Crippen molar-refractivity contribution in [2.24, 2.45) is 5.92 Å².